The Morgan fingerprint density at radius 3 is 3.00 bits per heavy atom. The van der Waals surface area contributed by atoms with E-state index in [0.717, 1.165) is 43.0 Å². The minimum absolute atomic E-state index is 0. The third-order valence-corrected chi connectivity index (χ3v) is 5.61. The molecule has 0 saturated carbocycles. The second-order valence-electron chi connectivity index (χ2n) is 7.61. The first-order valence-electron chi connectivity index (χ1n) is 10.0. The summed E-state index contributed by atoms with van der Waals surface area (Å²) in [5, 5.41) is 18.8. The summed E-state index contributed by atoms with van der Waals surface area (Å²) >= 11 is 0. The Hall–Kier alpha value is -1.65. The number of aromatic nitrogens is 2. The highest BCUT2D eigenvalue weighted by Crippen LogP contribution is 2.37. The second kappa shape index (κ2) is 9.44. The lowest BCUT2D eigenvalue weighted by Gasteiger charge is -2.35. The topological polar surface area (TPSA) is 74.9 Å². The van der Waals surface area contributed by atoms with Gasteiger partial charge in [-0.3, -0.25) is 4.68 Å². The molecule has 2 aromatic rings. The number of aliphatic imine (C=N–C) groups is 1. The molecule has 0 amide bonds. The van der Waals surface area contributed by atoms with Crippen molar-refractivity contribution >= 4 is 29.9 Å². The van der Waals surface area contributed by atoms with Gasteiger partial charge in [0.2, 0.25) is 0 Å². The minimum atomic E-state index is -0.883. The van der Waals surface area contributed by atoms with E-state index in [1.165, 1.54) is 5.56 Å². The molecule has 1 aromatic carbocycles. The van der Waals surface area contributed by atoms with E-state index in [0.29, 0.717) is 19.7 Å². The number of morpholine rings is 1. The first kappa shape index (κ1) is 22.0. The van der Waals surface area contributed by atoms with Crippen LogP contribution in [0.3, 0.4) is 0 Å². The average Bonchev–Trinajstić information content (AvgIpc) is 3.30. The van der Waals surface area contributed by atoms with Crippen molar-refractivity contribution in [2.24, 2.45) is 12.0 Å². The number of ether oxygens (including phenoxy) is 1. The van der Waals surface area contributed by atoms with Crippen LogP contribution in [0, 0.1) is 0 Å². The Morgan fingerprint density at radius 1 is 1.41 bits per heavy atom. The fraction of sp³-hybridized carbons (Fsp3) is 0.524. The molecule has 2 N–H and O–H groups in total. The molecule has 1 saturated heterocycles. The highest BCUT2D eigenvalue weighted by atomic mass is 127. The van der Waals surface area contributed by atoms with Gasteiger partial charge in [0.05, 0.1) is 25.9 Å². The SMILES string of the molecule is CCNC(=NCC1(O)CCc2ccccc21)N1CCOC(c2cnn(C)c2)C1.I. The summed E-state index contributed by atoms with van der Waals surface area (Å²) in [6.07, 6.45) is 5.45. The van der Waals surface area contributed by atoms with Gasteiger partial charge in [-0.25, -0.2) is 4.99 Å². The molecule has 1 aliphatic carbocycles. The lowest BCUT2D eigenvalue weighted by atomic mass is 9.96. The predicted octanol–water partition coefficient (Wildman–Crippen LogP) is 2.21. The van der Waals surface area contributed by atoms with Crippen LogP contribution in [0.2, 0.25) is 0 Å². The second-order valence-corrected chi connectivity index (χ2v) is 7.61. The monoisotopic (exact) mass is 511 g/mol. The number of hydrogen-bond donors (Lipinski definition) is 2. The van der Waals surface area contributed by atoms with E-state index in [-0.39, 0.29) is 30.1 Å². The van der Waals surface area contributed by atoms with E-state index in [2.05, 4.69) is 28.3 Å². The van der Waals surface area contributed by atoms with Gasteiger partial charge < -0.3 is 20.1 Å². The Balaban J connectivity index is 0.00000240. The van der Waals surface area contributed by atoms with Crippen LogP contribution in [0.4, 0.5) is 0 Å². The van der Waals surface area contributed by atoms with Crippen LogP contribution in [-0.4, -0.2) is 58.5 Å². The molecule has 0 radical (unpaired) electrons. The first-order chi connectivity index (χ1) is 13.6. The zero-order chi connectivity index (χ0) is 19.6. The van der Waals surface area contributed by atoms with Crippen LogP contribution in [-0.2, 0) is 23.8 Å². The van der Waals surface area contributed by atoms with Gasteiger partial charge in [0.15, 0.2) is 5.96 Å². The standard InChI is InChI=1S/C21H29N5O2.HI/c1-3-22-20(23-15-21(27)9-8-16-6-4-5-7-18(16)21)26-10-11-28-19(14-26)17-12-24-25(2)13-17;/h4-7,12-13,19,27H,3,8-11,14-15H2,1-2H3,(H,22,23);1H. The number of fused-ring (bicyclic) bond motifs is 1. The number of nitrogens with zero attached hydrogens (tertiary/aromatic N) is 4. The number of hydrogen-bond acceptors (Lipinski definition) is 4. The minimum Gasteiger partial charge on any atom is -0.383 e. The Bertz CT molecular complexity index is 855. The van der Waals surface area contributed by atoms with E-state index < -0.39 is 5.60 Å². The van der Waals surface area contributed by atoms with Gasteiger partial charge in [0.25, 0.3) is 0 Å². The molecule has 2 aliphatic rings. The van der Waals surface area contributed by atoms with E-state index in [1.807, 2.05) is 37.6 Å². The van der Waals surface area contributed by atoms with Crippen LogP contribution >= 0.6 is 24.0 Å². The zero-order valence-corrected chi connectivity index (χ0v) is 19.4. The van der Waals surface area contributed by atoms with Crippen molar-refractivity contribution in [1.29, 1.82) is 0 Å². The van der Waals surface area contributed by atoms with Crippen molar-refractivity contribution in [1.82, 2.24) is 20.0 Å². The largest absolute Gasteiger partial charge is 0.383 e. The molecular formula is C21H30IN5O2. The maximum absolute atomic E-state index is 11.2. The number of aryl methyl sites for hydroxylation is 2. The molecule has 158 valence electrons. The van der Waals surface area contributed by atoms with Gasteiger partial charge in [0, 0.05) is 31.9 Å². The molecule has 7 nitrogen and oxygen atoms in total. The number of guanidine groups is 1. The van der Waals surface area contributed by atoms with Gasteiger partial charge in [-0.05, 0) is 30.9 Å². The Morgan fingerprint density at radius 2 is 2.24 bits per heavy atom. The Kier molecular flexibility index (Phi) is 7.18. The summed E-state index contributed by atoms with van der Waals surface area (Å²) < 4.78 is 7.75. The molecule has 1 aliphatic heterocycles. The molecule has 8 heteroatoms. The summed E-state index contributed by atoms with van der Waals surface area (Å²) in [7, 11) is 1.91. The van der Waals surface area contributed by atoms with Crippen LogP contribution in [0.25, 0.3) is 0 Å². The summed E-state index contributed by atoms with van der Waals surface area (Å²) in [5.41, 5.74) is 2.44. The third kappa shape index (κ3) is 4.75. The fourth-order valence-electron chi connectivity index (χ4n) is 4.11. The summed E-state index contributed by atoms with van der Waals surface area (Å²) in [6.45, 7) is 5.33. The first-order valence-corrected chi connectivity index (χ1v) is 10.0. The van der Waals surface area contributed by atoms with Crippen molar-refractivity contribution in [3.63, 3.8) is 0 Å². The maximum Gasteiger partial charge on any atom is 0.194 e. The molecule has 0 bridgehead atoms. The number of rotatable bonds is 4. The van der Waals surface area contributed by atoms with Crippen LogP contribution < -0.4 is 5.32 Å². The van der Waals surface area contributed by atoms with E-state index in [1.54, 1.807) is 4.68 Å². The number of nitrogens with one attached hydrogen (secondary N) is 1. The quantitative estimate of drug-likeness (QED) is 0.374. The molecule has 0 spiro atoms. The highest BCUT2D eigenvalue weighted by Gasteiger charge is 2.36. The molecule has 4 rings (SSSR count). The Labute approximate surface area is 189 Å². The molecule has 2 unspecified atom stereocenters. The van der Waals surface area contributed by atoms with Crippen LogP contribution in [0.5, 0.6) is 0 Å². The van der Waals surface area contributed by atoms with E-state index >= 15 is 0 Å². The molecule has 1 fully saturated rings. The van der Waals surface area contributed by atoms with E-state index in [9.17, 15) is 5.11 Å². The van der Waals surface area contributed by atoms with Crippen LogP contribution in [0.15, 0.2) is 41.7 Å². The lowest BCUT2D eigenvalue weighted by Crippen LogP contribution is -2.48. The molecule has 2 atom stereocenters. The summed E-state index contributed by atoms with van der Waals surface area (Å²) in [6, 6.07) is 8.15. The van der Waals surface area contributed by atoms with Gasteiger partial charge in [-0.1, -0.05) is 24.3 Å². The van der Waals surface area contributed by atoms with Crippen molar-refractivity contribution in [3.05, 3.63) is 53.3 Å². The number of aliphatic hydroxyl groups is 1. The molecular weight excluding hydrogens is 481 g/mol. The van der Waals surface area contributed by atoms with Gasteiger partial charge in [-0.2, -0.15) is 5.10 Å². The van der Waals surface area contributed by atoms with E-state index in [4.69, 9.17) is 9.73 Å². The predicted molar refractivity (Wildman–Crippen MR) is 124 cm³/mol. The maximum atomic E-state index is 11.2. The number of halogens is 1. The van der Waals surface area contributed by atoms with Crippen molar-refractivity contribution in [2.45, 2.75) is 31.5 Å². The number of benzene rings is 1. The zero-order valence-electron chi connectivity index (χ0n) is 17.0. The smallest absolute Gasteiger partial charge is 0.194 e. The van der Waals surface area contributed by atoms with Gasteiger partial charge >= 0.3 is 0 Å². The fourth-order valence-corrected chi connectivity index (χ4v) is 4.11. The molecule has 29 heavy (non-hydrogen) atoms. The van der Waals surface area contributed by atoms with Gasteiger partial charge in [0.1, 0.15) is 11.7 Å². The van der Waals surface area contributed by atoms with Crippen molar-refractivity contribution < 1.29 is 9.84 Å². The normalized spacial score (nSPS) is 24.2. The highest BCUT2D eigenvalue weighted by molar-refractivity contribution is 14.0. The summed E-state index contributed by atoms with van der Waals surface area (Å²) in [4.78, 5) is 7.05. The average molecular weight is 511 g/mol. The third-order valence-electron chi connectivity index (χ3n) is 5.61. The van der Waals surface area contributed by atoms with Crippen LogP contribution in [0.1, 0.15) is 36.1 Å². The van der Waals surface area contributed by atoms with Crippen molar-refractivity contribution in [3.8, 4) is 0 Å². The molecule has 1 aromatic heterocycles. The van der Waals surface area contributed by atoms with Crippen molar-refractivity contribution in [2.75, 3.05) is 32.8 Å². The van der Waals surface area contributed by atoms with Gasteiger partial charge in [-0.15, -0.1) is 24.0 Å². The summed E-state index contributed by atoms with van der Waals surface area (Å²) in [5.74, 6) is 0.831. The lowest BCUT2D eigenvalue weighted by molar-refractivity contribution is -0.00841. The molecule has 2 heterocycles.